The third kappa shape index (κ3) is 5.20. The predicted molar refractivity (Wildman–Crippen MR) is 227 cm³/mol. The lowest BCUT2D eigenvalue weighted by molar-refractivity contribution is 0.597. The molecule has 0 spiro atoms. The van der Waals surface area contributed by atoms with Crippen LogP contribution in [0.15, 0.2) is 173 Å². The van der Waals surface area contributed by atoms with Crippen molar-refractivity contribution < 1.29 is 0 Å². The van der Waals surface area contributed by atoms with Crippen molar-refractivity contribution >= 4 is 39.8 Å². The van der Waals surface area contributed by atoms with Crippen molar-refractivity contribution in [1.29, 1.82) is 0 Å². The maximum atomic E-state index is 5.56. The van der Waals surface area contributed by atoms with Crippen LogP contribution in [0, 0.1) is 11.8 Å². The molecular formula is C51H45N3. The van der Waals surface area contributed by atoms with E-state index in [1.807, 2.05) is 0 Å². The van der Waals surface area contributed by atoms with Gasteiger partial charge in [-0.1, -0.05) is 121 Å². The third-order valence-corrected chi connectivity index (χ3v) is 12.9. The number of hydrogen-bond donors (Lipinski definition) is 0. The van der Waals surface area contributed by atoms with E-state index >= 15 is 0 Å². The maximum absolute atomic E-state index is 5.56. The molecule has 0 bridgehead atoms. The molecule has 264 valence electrons. The van der Waals surface area contributed by atoms with E-state index in [4.69, 9.17) is 4.99 Å². The van der Waals surface area contributed by atoms with Gasteiger partial charge in [-0.25, -0.2) is 0 Å². The number of nitrogens with zero attached hydrogens (tertiary/aromatic N) is 3. The fourth-order valence-electron chi connectivity index (χ4n) is 10.2. The van der Waals surface area contributed by atoms with Gasteiger partial charge in [0.2, 0.25) is 0 Å². The van der Waals surface area contributed by atoms with E-state index in [1.165, 1.54) is 72.2 Å². The van der Waals surface area contributed by atoms with Crippen molar-refractivity contribution in [2.45, 2.75) is 63.5 Å². The maximum Gasteiger partial charge on any atom is 0.133 e. The zero-order valence-electron chi connectivity index (χ0n) is 30.7. The Morgan fingerprint density at radius 2 is 1.41 bits per heavy atom. The Balaban J connectivity index is 1.00. The summed E-state index contributed by atoms with van der Waals surface area (Å²) in [5.74, 6) is 1.91. The molecular weight excluding hydrogens is 655 g/mol. The average Bonchev–Trinajstić information content (AvgIpc) is 3.76. The Morgan fingerprint density at radius 1 is 0.611 bits per heavy atom. The molecule has 6 aliphatic carbocycles. The normalized spacial score (nSPS) is 25.4. The molecule has 4 atom stereocenters. The van der Waals surface area contributed by atoms with Crippen molar-refractivity contribution in [2.75, 3.05) is 0 Å². The highest BCUT2D eigenvalue weighted by Gasteiger charge is 2.32. The molecule has 3 nitrogen and oxygen atoms in total. The van der Waals surface area contributed by atoms with E-state index in [0.717, 1.165) is 57.2 Å². The highest BCUT2D eigenvalue weighted by atomic mass is 15.1. The molecule has 4 unspecified atom stereocenters. The van der Waals surface area contributed by atoms with Crippen LogP contribution < -0.4 is 0 Å². The first-order valence-corrected chi connectivity index (χ1v) is 20.2. The highest BCUT2D eigenvalue weighted by Crippen LogP contribution is 2.44. The van der Waals surface area contributed by atoms with Crippen molar-refractivity contribution in [3.63, 3.8) is 0 Å². The summed E-state index contributed by atoms with van der Waals surface area (Å²) in [4.78, 5) is 5.56. The zero-order valence-corrected chi connectivity index (χ0v) is 30.7. The summed E-state index contributed by atoms with van der Waals surface area (Å²) >= 11 is 0. The minimum Gasteiger partial charge on any atom is -0.337 e. The van der Waals surface area contributed by atoms with E-state index in [2.05, 4.69) is 161 Å². The molecule has 11 rings (SSSR count). The quantitative estimate of drug-likeness (QED) is 0.202. The Labute approximate surface area is 318 Å². The number of hydrogen-bond acceptors (Lipinski definition) is 1. The summed E-state index contributed by atoms with van der Waals surface area (Å²) in [7, 11) is 0. The Hall–Kier alpha value is -5.67. The minimum absolute atomic E-state index is 0.144. The van der Waals surface area contributed by atoms with E-state index in [0.29, 0.717) is 17.9 Å². The lowest BCUT2D eigenvalue weighted by Gasteiger charge is -2.31. The highest BCUT2D eigenvalue weighted by molar-refractivity contribution is 6.07. The number of para-hydroxylation sites is 2. The van der Waals surface area contributed by atoms with E-state index in [-0.39, 0.29) is 6.04 Å². The van der Waals surface area contributed by atoms with E-state index in [1.54, 1.807) is 0 Å². The number of aromatic nitrogens is 2. The molecule has 3 heteroatoms. The summed E-state index contributed by atoms with van der Waals surface area (Å²) < 4.78 is 5.13. The fourth-order valence-corrected chi connectivity index (χ4v) is 10.2. The van der Waals surface area contributed by atoms with Gasteiger partial charge < -0.3 is 4.57 Å². The van der Waals surface area contributed by atoms with Crippen molar-refractivity contribution in [3.8, 4) is 0 Å². The first kappa shape index (κ1) is 31.8. The number of aryl methyl sites for hydroxylation is 1. The number of rotatable bonds is 4. The molecule has 54 heavy (non-hydrogen) atoms. The van der Waals surface area contributed by atoms with Gasteiger partial charge in [-0.05, 0) is 115 Å². The van der Waals surface area contributed by atoms with Gasteiger partial charge in [-0.15, -0.1) is 0 Å². The molecule has 2 aromatic heterocycles. The van der Waals surface area contributed by atoms with Crippen LogP contribution in [0.2, 0.25) is 0 Å². The van der Waals surface area contributed by atoms with Gasteiger partial charge in [0, 0.05) is 39.4 Å². The second kappa shape index (κ2) is 13.0. The Morgan fingerprint density at radius 3 is 2.24 bits per heavy atom. The number of fused-ring (bicyclic) bond motifs is 7. The van der Waals surface area contributed by atoms with Gasteiger partial charge in [-0.3, -0.25) is 9.56 Å². The summed E-state index contributed by atoms with van der Waals surface area (Å²) in [6.07, 6.45) is 48.2. The van der Waals surface area contributed by atoms with Crippen LogP contribution in [-0.2, 0) is 12.8 Å². The van der Waals surface area contributed by atoms with Gasteiger partial charge in [0.25, 0.3) is 0 Å². The molecule has 1 aliphatic heterocycles. The molecule has 7 aliphatic rings. The molecule has 0 fully saturated rings. The minimum atomic E-state index is 0.144. The first-order chi connectivity index (χ1) is 26.8. The molecule has 0 radical (unpaired) electrons. The van der Waals surface area contributed by atoms with Crippen LogP contribution in [0.25, 0.3) is 34.0 Å². The smallest absolute Gasteiger partial charge is 0.133 e. The molecule has 0 N–H and O–H groups in total. The largest absolute Gasteiger partial charge is 0.337 e. The number of dihydropyridines is 1. The van der Waals surface area contributed by atoms with Crippen molar-refractivity contribution in [1.82, 2.24) is 9.13 Å². The first-order valence-electron chi connectivity index (χ1n) is 20.2. The van der Waals surface area contributed by atoms with Gasteiger partial charge in [-0.2, -0.15) is 0 Å². The molecule has 2 aromatic carbocycles. The Bertz CT molecular complexity index is 2620. The summed E-state index contributed by atoms with van der Waals surface area (Å²) in [6.45, 7) is 0. The molecule has 3 heterocycles. The van der Waals surface area contributed by atoms with Gasteiger partial charge >= 0.3 is 0 Å². The number of benzene rings is 2. The van der Waals surface area contributed by atoms with Crippen molar-refractivity contribution in [3.05, 3.63) is 190 Å². The van der Waals surface area contributed by atoms with Crippen LogP contribution in [-0.4, -0.2) is 21.0 Å². The van der Waals surface area contributed by atoms with Gasteiger partial charge in [0.1, 0.15) is 5.84 Å². The lowest BCUT2D eigenvalue weighted by Crippen LogP contribution is -2.27. The number of aliphatic imine (C=N–C) groups is 1. The summed E-state index contributed by atoms with van der Waals surface area (Å²) in [6, 6.07) is 18.6. The van der Waals surface area contributed by atoms with Crippen LogP contribution in [0.1, 0.15) is 67.1 Å². The third-order valence-electron chi connectivity index (χ3n) is 12.9. The molecule has 0 saturated heterocycles. The fraction of sp³-hybridized carbons (Fsp3) is 0.235. The lowest BCUT2D eigenvalue weighted by atomic mass is 9.78. The van der Waals surface area contributed by atoms with E-state index in [9.17, 15) is 0 Å². The van der Waals surface area contributed by atoms with Crippen LogP contribution in [0.3, 0.4) is 0 Å². The van der Waals surface area contributed by atoms with E-state index < -0.39 is 0 Å². The zero-order chi connectivity index (χ0) is 35.6. The second-order valence-electron chi connectivity index (χ2n) is 15.9. The topological polar surface area (TPSA) is 22.2 Å². The van der Waals surface area contributed by atoms with Crippen LogP contribution in [0.4, 0.5) is 0 Å². The van der Waals surface area contributed by atoms with Crippen LogP contribution >= 0.6 is 0 Å². The summed E-state index contributed by atoms with van der Waals surface area (Å²) in [5, 5.41) is 2.74. The van der Waals surface area contributed by atoms with Gasteiger partial charge in [0.05, 0.1) is 23.3 Å². The Kier molecular flexibility index (Phi) is 7.67. The second-order valence-corrected chi connectivity index (χ2v) is 15.9. The standard InChI is InChI=1S/C51H45N3/c1-3-13-34(14-4-1)35-23-25-36(26-24-35)44-33-51(52-46-20-10-7-17-40(44)46)54-48-22-12-8-18-41(48)43-29-27-38(32-50(43)54)37-28-30-49-45(31-37)42-19-9-11-21-47(42)53(49)39-15-5-2-6-16-39/h1-13,15,17-19,21-25,31-34,36,39,46H,14,16,20,26-30H2. The SMILES string of the molecule is C1=CCC(C2=CCC(C3=CC(n4c5c(c6ccccc64)CCC(C4=Cc6c(n(C7C=CC=CC7)c7ccccc67)CC4)=C5)=NC4CC=CC=C34)C=C2)C=C1. The monoisotopic (exact) mass is 699 g/mol. The molecule has 4 aromatic rings. The predicted octanol–water partition coefficient (Wildman–Crippen LogP) is 12.1. The molecule has 0 amide bonds. The average molecular weight is 700 g/mol. The molecule has 0 saturated carbocycles. The van der Waals surface area contributed by atoms with Crippen LogP contribution in [0.5, 0.6) is 0 Å². The summed E-state index contributed by atoms with van der Waals surface area (Å²) in [5.41, 5.74) is 15.5. The number of allylic oxidation sites excluding steroid dienone is 17. The van der Waals surface area contributed by atoms with Gasteiger partial charge in [0.15, 0.2) is 0 Å². The van der Waals surface area contributed by atoms with Crippen molar-refractivity contribution in [2.24, 2.45) is 16.8 Å².